The second-order valence-electron chi connectivity index (χ2n) is 7.18. The predicted molar refractivity (Wildman–Crippen MR) is 116 cm³/mol. The zero-order valence-electron chi connectivity index (χ0n) is 17.8. The maximum absolute atomic E-state index is 12.5. The number of aryl methyl sites for hydroxylation is 1. The summed E-state index contributed by atoms with van der Waals surface area (Å²) in [6.45, 7) is 3.86. The molecule has 0 aromatic heterocycles. The Morgan fingerprint density at radius 2 is 1.87 bits per heavy atom. The molecule has 8 heteroatoms. The quantitative estimate of drug-likeness (QED) is 0.266. The van der Waals surface area contributed by atoms with E-state index in [4.69, 9.17) is 14.7 Å². The topological polar surface area (TPSA) is 117 Å². The number of benzene rings is 2. The third-order valence-corrected chi connectivity index (χ3v) is 4.75. The third-order valence-electron chi connectivity index (χ3n) is 4.75. The smallest absolute Gasteiger partial charge is 0.412 e. The van der Waals surface area contributed by atoms with Crippen LogP contribution in [0, 0.1) is 12.8 Å². The molecule has 0 fully saturated rings. The van der Waals surface area contributed by atoms with Crippen LogP contribution >= 0.6 is 0 Å². The summed E-state index contributed by atoms with van der Waals surface area (Å²) in [4.78, 5) is 23.6. The summed E-state index contributed by atoms with van der Waals surface area (Å²) >= 11 is 0. The number of methoxy groups -OCH3 is 1. The molecular weight excluding hydrogens is 400 g/mol. The van der Waals surface area contributed by atoms with Crippen molar-refractivity contribution in [3.05, 3.63) is 65.7 Å². The molecule has 0 aliphatic carbocycles. The van der Waals surface area contributed by atoms with Crippen molar-refractivity contribution in [1.82, 2.24) is 5.48 Å². The lowest BCUT2D eigenvalue weighted by atomic mass is 9.92. The Morgan fingerprint density at radius 3 is 2.48 bits per heavy atom. The third kappa shape index (κ3) is 7.35. The summed E-state index contributed by atoms with van der Waals surface area (Å²) in [6, 6.07) is 12.2. The molecule has 0 aliphatic rings. The highest BCUT2D eigenvalue weighted by molar-refractivity contribution is 5.86. The monoisotopic (exact) mass is 428 g/mol. The normalized spacial score (nSPS) is 12.8. The lowest BCUT2D eigenvalue weighted by molar-refractivity contribution is -0.124. The van der Waals surface area contributed by atoms with Crippen molar-refractivity contribution >= 4 is 17.7 Å². The minimum atomic E-state index is -0.651. The molecule has 0 heterocycles. The zero-order valence-corrected chi connectivity index (χ0v) is 17.8. The highest BCUT2D eigenvalue weighted by Gasteiger charge is 2.24. The van der Waals surface area contributed by atoms with Crippen LogP contribution in [0.1, 0.15) is 37.0 Å². The van der Waals surface area contributed by atoms with Gasteiger partial charge in [0.15, 0.2) is 11.5 Å². The number of nitrogens with one attached hydrogen (secondary N) is 2. The molecule has 2 rings (SSSR count). The number of hydrogen-bond acceptors (Lipinski definition) is 6. The molecule has 31 heavy (non-hydrogen) atoms. The molecule has 2 aromatic rings. The van der Waals surface area contributed by atoms with Gasteiger partial charge in [-0.1, -0.05) is 36.8 Å². The van der Waals surface area contributed by atoms with E-state index in [9.17, 15) is 14.7 Å². The van der Waals surface area contributed by atoms with Crippen LogP contribution in [0.5, 0.6) is 11.5 Å². The lowest BCUT2D eigenvalue weighted by Gasteiger charge is -2.25. The van der Waals surface area contributed by atoms with Crippen LogP contribution in [-0.2, 0) is 9.53 Å². The molecule has 0 saturated heterocycles. The number of ether oxygens (including phenoxy) is 2. The van der Waals surface area contributed by atoms with Crippen LogP contribution in [0.2, 0.25) is 0 Å². The van der Waals surface area contributed by atoms with Crippen LogP contribution in [0.15, 0.2) is 54.6 Å². The fourth-order valence-electron chi connectivity index (χ4n) is 3.03. The number of hydroxylamine groups is 1. The summed E-state index contributed by atoms with van der Waals surface area (Å²) in [5.74, 6) is -0.493. The average molecular weight is 428 g/mol. The van der Waals surface area contributed by atoms with Gasteiger partial charge in [0.25, 0.3) is 5.91 Å². The van der Waals surface area contributed by atoms with Crippen LogP contribution < -0.4 is 15.5 Å². The van der Waals surface area contributed by atoms with Crippen molar-refractivity contribution in [1.29, 1.82) is 0 Å². The number of carbonyl (C=O) groups is 2. The van der Waals surface area contributed by atoms with Crippen molar-refractivity contribution in [3.8, 4) is 11.5 Å². The molecule has 166 valence electrons. The molecule has 8 nitrogen and oxygen atoms in total. The van der Waals surface area contributed by atoms with E-state index in [0.717, 1.165) is 5.56 Å². The maximum Gasteiger partial charge on any atom is 0.412 e. The molecule has 0 saturated carbocycles. The van der Waals surface area contributed by atoms with Crippen LogP contribution in [0.25, 0.3) is 0 Å². The molecule has 2 atom stereocenters. The Hall–Kier alpha value is -3.52. The van der Waals surface area contributed by atoms with Crippen LogP contribution in [-0.4, -0.2) is 29.4 Å². The number of allylic oxidation sites excluding steroid dienone is 1. The molecule has 0 radical (unpaired) electrons. The summed E-state index contributed by atoms with van der Waals surface area (Å²) in [5, 5.41) is 21.4. The highest BCUT2D eigenvalue weighted by atomic mass is 16.6. The standard InChI is InChI=1S/C23H28N2O6/c1-15-8-11-18(12-9-15)24-23(28)31-22(16(2)6-4-5-7-21(27)25-29)17-10-13-20(30-3)19(26)14-17/h5,7-14,16,22,26,29H,4,6H2,1-3H3,(H,24,28)(H,25,27)/b7-5+/t16-,22+/m1/s1. The Balaban J connectivity index is 2.15. The van der Waals surface area contributed by atoms with Gasteiger partial charge in [-0.3, -0.25) is 15.3 Å². The Bertz CT molecular complexity index is 911. The molecule has 0 bridgehead atoms. The summed E-state index contributed by atoms with van der Waals surface area (Å²) in [6.07, 6.45) is 2.69. The number of hydrogen-bond donors (Lipinski definition) is 4. The minimum Gasteiger partial charge on any atom is -0.504 e. The van der Waals surface area contributed by atoms with Crippen molar-refractivity contribution < 1.29 is 29.4 Å². The van der Waals surface area contributed by atoms with E-state index in [-0.39, 0.29) is 11.7 Å². The largest absolute Gasteiger partial charge is 0.504 e. The van der Waals surface area contributed by atoms with Gasteiger partial charge < -0.3 is 14.6 Å². The number of phenols is 1. The van der Waals surface area contributed by atoms with Gasteiger partial charge in [0.05, 0.1) is 7.11 Å². The second kappa shape index (κ2) is 11.6. The van der Waals surface area contributed by atoms with E-state index in [1.807, 2.05) is 26.0 Å². The van der Waals surface area contributed by atoms with Gasteiger partial charge in [0, 0.05) is 11.8 Å². The fraction of sp³-hybridized carbons (Fsp3) is 0.304. The number of carbonyl (C=O) groups excluding carboxylic acids is 2. The van der Waals surface area contributed by atoms with E-state index in [2.05, 4.69) is 5.32 Å². The van der Waals surface area contributed by atoms with E-state index < -0.39 is 18.1 Å². The lowest BCUT2D eigenvalue weighted by Crippen LogP contribution is -2.22. The van der Waals surface area contributed by atoms with E-state index in [1.54, 1.807) is 30.3 Å². The number of rotatable bonds is 9. The summed E-state index contributed by atoms with van der Waals surface area (Å²) in [5.41, 5.74) is 3.82. The first-order valence-electron chi connectivity index (χ1n) is 9.85. The molecule has 0 spiro atoms. The van der Waals surface area contributed by atoms with Gasteiger partial charge >= 0.3 is 6.09 Å². The molecule has 2 aromatic carbocycles. The summed E-state index contributed by atoms with van der Waals surface area (Å²) < 4.78 is 10.8. The van der Waals surface area contributed by atoms with E-state index in [0.29, 0.717) is 29.8 Å². The Morgan fingerprint density at radius 1 is 1.16 bits per heavy atom. The number of aromatic hydroxyl groups is 1. The first-order valence-corrected chi connectivity index (χ1v) is 9.85. The van der Waals surface area contributed by atoms with Crippen molar-refractivity contribution in [2.45, 2.75) is 32.8 Å². The van der Waals surface area contributed by atoms with Crippen LogP contribution in [0.4, 0.5) is 10.5 Å². The van der Waals surface area contributed by atoms with Gasteiger partial charge in [0.1, 0.15) is 6.10 Å². The highest BCUT2D eigenvalue weighted by Crippen LogP contribution is 2.35. The molecule has 4 N–H and O–H groups in total. The summed E-state index contributed by atoms with van der Waals surface area (Å²) in [7, 11) is 1.45. The molecular formula is C23H28N2O6. The van der Waals surface area contributed by atoms with E-state index >= 15 is 0 Å². The molecule has 0 unspecified atom stereocenters. The zero-order chi connectivity index (χ0) is 22.8. The first-order chi connectivity index (χ1) is 14.8. The number of phenolic OH excluding ortho intramolecular Hbond substituents is 1. The predicted octanol–water partition coefficient (Wildman–Crippen LogP) is 4.48. The van der Waals surface area contributed by atoms with Gasteiger partial charge in [-0.25, -0.2) is 10.3 Å². The van der Waals surface area contributed by atoms with Gasteiger partial charge in [-0.05, 0) is 55.5 Å². The SMILES string of the molecule is COc1ccc([C@@H](OC(=O)Nc2ccc(C)cc2)[C@H](C)CC/C=C/C(=O)NO)cc1O. The molecule has 2 amide bonds. The first kappa shape index (κ1) is 23.8. The van der Waals surface area contributed by atoms with Gasteiger partial charge in [-0.2, -0.15) is 0 Å². The number of anilines is 1. The average Bonchev–Trinajstić information content (AvgIpc) is 2.76. The Labute approximate surface area is 181 Å². The molecule has 0 aliphatic heterocycles. The number of amides is 2. The maximum atomic E-state index is 12.5. The fourth-order valence-corrected chi connectivity index (χ4v) is 3.03. The van der Waals surface area contributed by atoms with Crippen molar-refractivity contribution in [2.75, 3.05) is 12.4 Å². The van der Waals surface area contributed by atoms with E-state index in [1.165, 1.54) is 24.7 Å². The van der Waals surface area contributed by atoms with Gasteiger partial charge in [0.2, 0.25) is 0 Å². The van der Waals surface area contributed by atoms with Gasteiger partial charge in [-0.15, -0.1) is 0 Å². The van der Waals surface area contributed by atoms with Crippen LogP contribution in [0.3, 0.4) is 0 Å². The van der Waals surface area contributed by atoms with Crippen molar-refractivity contribution in [2.24, 2.45) is 5.92 Å². The Kier molecular flexibility index (Phi) is 8.90. The second-order valence-corrected chi connectivity index (χ2v) is 7.18. The van der Waals surface area contributed by atoms with Crippen molar-refractivity contribution in [3.63, 3.8) is 0 Å². The minimum absolute atomic E-state index is 0.0562.